The molecule has 0 bridgehead atoms. The monoisotopic (exact) mass is 298 g/mol. The van der Waals surface area contributed by atoms with Crippen LogP contribution < -0.4 is 0 Å². The van der Waals surface area contributed by atoms with Crippen LogP contribution in [0.1, 0.15) is 22.2 Å². The number of hydrogen-bond donors (Lipinski definition) is 0. The third-order valence-electron chi connectivity index (χ3n) is 2.83. The van der Waals surface area contributed by atoms with E-state index in [1.165, 1.54) is 11.3 Å². The number of hydrogen-bond acceptors (Lipinski definition) is 3. The molecule has 0 radical (unpaired) electrons. The van der Waals surface area contributed by atoms with Gasteiger partial charge in [-0.15, -0.1) is 22.9 Å². The molecule has 0 N–H and O–H groups in total. The zero-order valence-electron chi connectivity index (χ0n) is 8.74. The highest BCUT2D eigenvalue weighted by Gasteiger charge is 2.34. The van der Waals surface area contributed by atoms with Crippen molar-refractivity contribution >= 4 is 44.4 Å². The van der Waals surface area contributed by atoms with E-state index in [9.17, 15) is 8.42 Å². The Balaban J connectivity index is 2.17. The third kappa shape index (κ3) is 2.55. The summed E-state index contributed by atoms with van der Waals surface area (Å²) in [7, 11) is -2.86. The first-order valence-electron chi connectivity index (χ1n) is 4.99. The molecule has 0 aliphatic carbocycles. The van der Waals surface area contributed by atoms with Gasteiger partial charge in [-0.3, -0.25) is 0 Å². The van der Waals surface area contributed by atoms with Gasteiger partial charge >= 0.3 is 0 Å². The first-order chi connectivity index (χ1) is 7.39. The second-order valence-electron chi connectivity index (χ2n) is 4.17. The van der Waals surface area contributed by atoms with E-state index in [4.69, 9.17) is 23.2 Å². The van der Waals surface area contributed by atoms with Gasteiger partial charge in [0.15, 0.2) is 9.84 Å². The molecule has 1 saturated heterocycles. The van der Waals surface area contributed by atoms with E-state index < -0.39 is 9.84 Å². The molecule has 1 fully saturated rings. The maximum Gasteiger partial charge on any atom is 0.150 e. The van der Waals surface area contributed by atoms with E-state index in [1.54, 1.807) is 0 Å². The molecular formula is C10H12Cl2O2S2. The quantitative estimate of drug-likeness (QED) is 0.784. The molecule has 1 aromatic heterocycles. The maximum absolute atomic E-state index is 11.4. The van der Waals surface area contributed by atoms with Gasteiger partial charge in [-0.25, -0.2) is 8.42 Å². The van der Waals surface area contributed by atoms with Crippen molar-refractivity contribution in [3.05, 3.63) is 20.8 Å². The SMILES string of the molecule is Cc1cc(C(Cl)C2CCS(=O)(=O)C2)sc1Cl. The lowest BCUT2D eigenvalue weighted by Gasteiger charge is -2.13. The van der Waals surface area contributed by atoms with Crippen molar-refractivity contribution in [2.75, 3.05) is 11.5 Å². The third-order valence-corrected chi connectivity index (χ3v) is 6.98. The Labute approximate surface area is 109 Å². The number of alkyl halides is 1. The van der Waals surface area contributed by atoms with Gasteiger partial charge in [0.25, 0.3) is 0 Å². The molecule has 1 aliphatic heterocycles. The highest BCUT2D eigenvalue weighted by molar-refractivity contribution is 7.91. The topological polar surface area (TPSA) is 34.1 Å². The van der Waals surface area contributed by atoms with Crippen LogP contribution in [0.25, 0.3) is 0 Å². The fourth-order valence-corrected chi connectivity index (χ4v) is 5.55. The first kappa shape index (κ1) is 12.7. The van der Waals surface area contributed by atoms with Crippen LogP contribution in [0.4, 0.5) is 0 Å². The van der Waals surface area contributed by atoms with Crippen LogP contribution >= 0.6 is 34.5 Å². The van der Waals surface area contributed by atoms with Gasteiger partial charge in [-0.05, 0) is 30.9 Å². The van der Waals surface area contributed by atoms with Crippen LogP contribution in [0.5, 0.6) is 0 Å². The van der Waals surface area contributed by atoms with Gasteiger partial charge < -0.3 is 0 Å². The van der Waals surface area contributed by atoms with E-state index in [1.807, 2.05) is 13.0 Å². The van der Waals surface area contributed by atoms with Crippen molar-refractivity contribution in [3.8, 4) is 0 Å². The lowest BCUT2D eigenvalue weighted by atomic mass is 10.0. The zero-order chi connectivity index (χ0) is 11.9. The Hall–Kier alpha value is 0.230. The summed E-state index contributed by atoms with van der Waals surface area (Å²) in [5.74, 6) is 0.495. The highest BCUT2D eigenvalue weighted by atomic mass is 35.5. The Morgan fingerprint density at radius 1 is 1.56 bits per heavy atom. The van der Waals surface area contributed by atoms with E-state index in [0.717, 1.165) is 14.8 Å². The summed E-state index contributed by atoms with van der Waals surface area (Å²) in [6, 6.07) is 1.95. The molecule has 2 atom stereocenters. The Morgan fingerprint density at radius 3 is 2.69 bits per heavy atom. The fraction of sp³-hybridized carbons (Fsp3) is 0.600. The molecule has 2 rings (SSSR count). The van der Waals surface area contributed by atoms with Crippen molar-refractivity contribution in [2.45, 2.75) is 18.7 Å². The van der Waals surface area contributed by atoms with Crippen LogP contribution in [0.15, 0.2) is 6.07 Å². The van der Waals surface area contributed by atoms with Crippen molar-refractivity contribution in [1.29, 1.82) is 0 Å². The van der Waals surface area contributed by atoms with Gasteiger partial charge in [0, 0.05) is 4.88 Å². The summed E-state index contributed by atoms with van der Waals surface area (Å²) < 4.78 is 23.5. The van der Waals surface area contributed by atoms with Gasteiger partial charge in [0.05, 0.1) is 21.2 Å². The lowest BCUT2D eigenvalue weighted by Crippen LogP contribution is -2.09. The summed E-state index contributed by atoms with van der Waals surface area (Å²) in [4.78, 5) is 0.978. The first-order valence-corrected chi connectivity index (χ1v) is 8.44. The predicted octanol–water partition coefficient (Wildman–Crippen LogP) is 3.42. The van der Waals surface area contributed by atoms with Gasteiger partial charge in [-0.2, -0.15) is 0 Å². The molecular weight excluding hydrogens is 287 g/mol. The standard InChI is InChI=1S/C10H12Cl2O2S2/c1-6-4-8(15-10(6)12)9(11)7-2-3-16(13,14)5-7/h4,7,9H,2-3,5H2,1H3. The number of sulfone groups is 1. The normalized spacial score (nSPS) is 25.8. The van der Waals surface area contributed by atoms with Crippen molar-refractivity contribution in [1.82, 2.24) is 0 Å². The van der Waals surface area contributed by atoms with Crippen LogP contribution in [0.2, 0.25) is 4.34 Å². The Kier molecular flexibility index (Phi) is 3.55. The second kappa shape index (κ2) is 4.48. The second-order valence-corrected chi connectivity index (χ2v) is 8.56. The highest BCUT2D eigenvalue weighted by Crippen LogP contribution is 2.41. The molecule has 90 valence electrons. The summed E-state index contributed by atoms with van der Waals surface area (Å²) in [5, 5.41) is -0.228. The largest absolute Gasteiger partial charge is 0.229 e. The molecule has 0 saturated carbocycles. The predicted molar refractivity (Wildman–Crippen MR) is 69.4 cm³/mol. The van der Waals surface area contributed by atoms with Crippen molar-refractivity contribution in [3.63, 3.8) is 0 Å². The summed E-state index contributed by atoms with van der Waals surface area (Å²) >= 11 is 13.7. The Morgan fingerprint density at radius 2 is 2.25 bits per heavy atom. The van der Waals surface area contributed by atoms with Crippen LogP contribution in [-0.4, -0.2) is 19.9 Å². The molecule has 6 heteroatoms. The molecule has 2 heterocycles. The van der Waals surface area contributed by atoms with E-state index in [2.05, 4.69) is 0 Å². The number of thiophene rings is 1. The molecule has 0 aromatic carbocycles. The van der Waals surface area contributed by atoms with Crippen LogP contribution in [0.3, 0.4) is 0 Å². The fourth-order valence-electron chi connectivity index (χ4n) is 1.91. The molecule has 2 nitrogen and oxygen atoms in total. The average molecular weight is 299 g/mol. The minimum absolute atomic E-state index is 0.0285. The maximum atomic E-state index is 11.4. The minimum Gasteiger partial charge on any atom is -0.229 e. The minimum atomic E-state index is -2.86. The zero-order valence-corrected chi connectivity index (χ0v) is 11.9. The van der Waals surface area contributed by atoms with E-state index >= 15 is 0 Å². The number of rotatable bonds is 2. The molecule has 1 aromatic rings. The van der Waals surface area contributed by atoms with Gasteiger partial charge in [0.1, 0.15) is 0 Å². The summed E-state index contributed by atoms with van der Waals surface area (Å²) in [5.41, 5.74) is 1.01. The molecule has 0 spiro atoms. The number of aryl methyl sites for hydroxylation is 1. The summed E-state index contributed by atoms with van der Waals surface area (Å²) in [6.45, 7) is 1.93. The van der Waals surface area contributed by atoms with E-state index in [-0.39, 0.29) is 22.8 Å². The van der Waals surface area contributed by atoms with Crippen LogP contribution in [-0.2, 0) is 9.84 Å². The smallest absolute Gasteiger partial charge is 0.150 e. The Bertz CT molecular complexity index is 473. The van der Waals surface area contributed by atoms with Gasteiger partial charge in [0.2, 0.25) is 0 Å². The van der Waals surface area contributed by atoms with Gasteiger partial charge in [-0.1, -0.05) is 11.6 Å². The molecule has 0 amide bonds. The number of halogens is 2. The average Bonchev–Trinajstić information content (AvgIpc) is 2.70. The van der Waals surface area contributed by atoms with E-state index in [0.29, 0.717) is 6.42 Å². The molecule has 2 unspecified atom stereocenters. The van der Waals surface area contributed by atoms with Crippen molar-refractivity contribution in [2.24, 2.45) is 5.92 Å². The van der Waals surface area contributed by atoms with Crippen molar-refractivity contribution < 1.29 is 8.42 Å². The summed E-state index contributed by atoms with van der Waals surface area (Å²) in [6.07, 6.45) is 0.658. The molecule has 1 aliphatic rings. The lowest BCUT2D eigenvalue weighted by molar-refractivity contribution is 0.573. The molecule has 16 heavy (non-hydrogen) atoms. The van der Waals surface area contributed by atoms with Crippen LogP contribution in [0, 0.1) is 12.8 Å².